The Morgan fingerprint density at radius 1 is 1.11 bits per heavy atom. The monoisotopic (exact) mass is 360 g/mol. The van der Waals surface area contributed by atoms with Crippen LogP contribution in [0.2, 0.25) is 0 Å². The van der Waals surface area contributed by atoms with E-state index in [-0.39, 0.29) is 17.3 Å². The van der Waals surface area contributed by atoms with Gasteiger partial charge in [-0.2, -0.15) is 0 Å². The normalized spacial score (nSPS) is 24.2. The minimum Gasteiger partial charge on any atom is -0.310 e. The summed E-state index contributed by atoms with van der Waals surface area (Å²) in [5.41, 5.74) is 1.49. The van der Waals surface area contributed by atoms with E-state index in [9.17, 15) is 9.59 Å². The Morgan fingerprint density at radius 3 is 2.56 bits per heavy atom. The van der Waals surface area contributed by atoms with Crippen molar-refractivity contribution >= 4 is 22.6 Å². The molecule has 1 aromatic heterocycles. The summed E-state index contributed by atoms with van der Waals surface area (Å²) in [4.78, 5) is 27.6. The highest BCUT2D eigenvalue weighted by atomic mass is 127. The quantitative estimate of drug-likeness (QED) is 0.618. The van der Waals surface area contributed by atoms with Crippen LogP contribution in [-0.4, -0.2) is 9.55 Å². The third kappa shape index (κ3) is 1.96. The average molecular weight is 360 g/mol. The van der Waals surface area contributed by atoms with Crippen molar-refractivity contribution in [3.8, 4) is 0 Å². The number of aromatic nitrogens is 2. The summed E-state index contributed by atoms with van der Waals surface area (Å²) < 4.78 is 1.78. The van der Waals surface area contributed by atoms with Gasteiger partial charge in [0.2, 0.25) is 0 Å². The Labute approximate surface area is 119 Å². The Balaban J connectivity index is 2.11. The topological polar surface area (TPSA) is 54.9 Å². The molecule has 98 valence electrons. The minimum absolute atomic E-state index is 0.0279. The highest BCUT2D eigenvalue weighted by molar-refractivity contribution is 14.1. The maximum atomic E-state index is 12.5. The number of nitrogens with zero attached hydrogens (tertiary/aromatic N) is 1. The van der Waals surface area contributed by atoms with Crippen LogP contribution in [0.25, 0.3) is 0 Å². The SMILES string of the molecule is O=c1[nH]c2c(c(=O)n1C1CCCCC1)CCC2I. The third-order valence-corrected chi connectivity index (χ3v) is 5.41. The summed E-state index contributed by atoms with van der Waals surface area (Å²) in [6.45, 7) is 0. The zero-order chi connectivity index (χ0) is 12.7. The van der Waals surface area contributed by atoms with E-state index in [0.29, 0.717) is 3.92 Å². The van der Waals surface area contributed by atoms with Gasteiger partial charge in [0.05, 0.1) is 3.92 Å². The molecule has 1 atom stereocenters. The zero-order valence-electron chi connectivity index (χ0n) is 10.2. The zero-order valence-corrected chi connectivity index (χ0v) is 12.4. The number of aromatic amines is 1. The maximum Gasteiger partial charge on any atom is 0.328 e. The first-order chi connectivity index (χ1) is 8.68. The predicted molar refractivity (Wildman–Crippen MR) is 78.5 cm³/mol. The van der Waals surface area contributed by atoms with E-state index in [0.717, 1.165) is 49.8 Å². The Morgan fingerprint density at radius 2 is 1.83 bits per heavy atom. The van der Waals surface area contributed by atoms with Crippen LogP contribution in [0, 0.1) is 0 Å². The minimum atomic E-state index is -0.200. The number of fused-ring (bicyclic) bond motifs is 1. The summed E-state index contributed by atoms with van der Waals surface area (Å²) in [5.74, 6) is 0. The van der Waals surface area contributed by atoms with E-state index in [2.05, 4.69) is 27.6 Å². The molecule has 5 heteroatoms. The molecule has 1 saturated carbocycles. The molecule has 1 heterocycles. The highest BCUT2D eigenvalue weighted by Gasteiger charge is 2.28. The number of nitrogens with one attached hydrogen (secondary N) is 1. The van der Waals surface area contributed by atoms with E-state index in [1.807, 2.05) is 0 Å². The summed E-state index contributed by atoms with van der Waals surface area (Å²) in [5, 5.41) is 0. The molecule has 0 bridgehead atoms. The third-order valence-electron chi connectivity index (χ3n) is 4.16. The molecule has 1 N–H and O–H groups in total. The second-order valence-corrected chi connectivity index (χ2v) is 6.80. The first kappa shape index (κ1) is 12.4. The molecule has 1 fully saturated rings. The highest BCUT2D eigenvalue weighted by Crippen LogP contribution is 2.34. The van der Waals surface area contributed by atoms with Gasteiger partial charge in [-0.3, -0.25) is 9.36 Å². The van der Waals surface area contributed by atoms with Crippen molar-refractivity contribution in [3.63, 3.8) is 0 Å². The molecule has 1 unspecified atom stereocenters. The van der Waals surface area contributed by atoms with Crippen LogP contribution in [0.1, 0.15) is 59.7 Å². The van der Waals surface area contributed by atoms with Gasteiger partial charge in [-0.05, 0) is 25.7 Å². The molecule has 0 amide bonds. The number of halogens is 1. The number of hydrogen-bond donors (Lipinski definition) is 1. The fourth-order valence-corrected chi connectivity index (χ4v) is 4.04. The molecule has 0 saturated heterocycles. The fraction of sp³-hybridized carbons (Fsp3) is 0.692. The number of hydrogen-bond acceptors (Lipinski definition) is 2. The molecule has 3 rings (SSSR count). The van der Waals surface area contributed by atoms with Gasteiger partial charge in [0.25, 0.3) is 5.56 Å². The van der Waals surface area contributed by atoms with E-state index >= 15 is 0 Å². The first-order valence-electron chi connectivity index (χ1n) is 6.70. The van der Waals surface area contributed by atoms with Crippen LogP contribution in [0.4, 0.5) is 0 Å². The first-order valence-corrected chi connectivity index (χ1v) is 7.94. The average Bonchev–Trinajstić information content (AvgIpc) is 2.73. The molecule has 4 nitrogen and oxygen atoms in total. The van der Waals surface area contributed by atoms with Gasteiger partial charge in [-0.25, -0.2) is 4.79 Å². The van der Waals surface area contributed by atoms with Gasteiger partial charge in [0.15, 0.2) is 0 Å². The van der Waals surface area contributed by atoms with Crippen LogP contribution in [0.5, 0.6) is 0 Å². The maximum absolute atomic E-state index is 12.5. The van der Waals surface area contributed by atoms with Crippen molar-refractivity contribution < 1.29 is 0 Å². The van der Waals surface area contributed by atoms with Crippen molar-refractivity contribution in [2.24, 2.45) is 0 Å². The lowest BCUT2D eigenvalue weighted by Gasteiger charge is -2.23. The molecule has 1 aromatic rings. The second kappa shape index (κ2) is 4.83. The van der Waals surface area contributed by atoms with E-state index in [1.54, 1.807) is 0 Å². The van der Waals surface area contributed by atoms with Crippen LogP contribution < -0.4 is 11.2 Å². The largest absolute Gasteiger partial charge is 0.328 e. The van der Waals surface area contributed by atoms with Gasteiger partial charge < -0.3 is 4.98 Å². The number of alkyl halides is 1. The van der Waals surface area contributed by atoms with Gasteiger partial charge in [-0.1, -0.05) is 41.9 Å². The lowest BCUT2D eigenvalue weighted by Crippen LogP contribution is -2.40. The molecular formula is C13H17IN2O2. The van der Waals surface area contributed by atoms with Crippen molar-refractivity contribution in [1.29, 1.82) is 0 Å². The van der Waals surface area contributed by atoms with Gasteiger partial charge in [0.1, 0.15) is 0 Å². The van der Waals surface area contributed by atoms with Crippen LogP contribution in [-0.2, 0) is 6.42 Å². The fourth-order valence-electron chi connectivity index (χ4n) is 3.20. The molecule has 2 aliphatic rings. The molecule has 2 aliphatic carbocycles. The second-order valence-electron chi connectivity index (χ2n) is 5.30. The van der Waals surface area contributed by atoms with E-state index in [4.69, 9.17) is 0 Å². The van der Waals surface area contributed by atoms with Crippen molar-refractivity contribution in [1.82, 2.24) is 9.55 Å². The summed E-state index contributed by atoms with van der Waals surface area (Å²) in [6, 6.07) is 0.119. The lowest BCUT2D eigenvalue weighted by molar-refractivity contribution is 0.335. The van der Waals surface area contributed by atoms with Gasteiger partial charge >= 0.3 is 5.69 Å². The summed E-state index contributed by atoms with van der Waals surface area (Å²) in [7, 11) is 0. The molecule has 0 aromatic carbocycles. The Kier molecular flexibility index (Phi) is 3.34. The van der Waals surface area contributed by atoms with E-state index < -0.39 is 0 Å². The smallest absolute Gasteiger partial charge is 0.310 e. The molecule has 0 spiro atoms. The number of rotatable bonds is 1. The van der Waals surface area contributed by atoms with E-state index in [1.165, 1.54) is 11.0 Å². The number of H-pyrrole nitrogens is 1. The molecule has 18 heavy (non-hydrogen) atoms. The molecular weight excluding hydrogens is 343 g/mol. The van der Waals surface area contributed by atoms with Crippen LogP contribution in [0.3, 0.4) is 0 Å². The Bertz CT molecular complexity index is 569. The summed E-state index contributed by atoms with van der Waals surface area (Å²) >= 11 is 2.30. The molecule has 0 aliphatic heterocycles. The van der Waals surface area contributed by atoms with Crippen molar-refractivity contribution in [3.05, 3.63) is 32.1 Å². The standard InChI is InChI=1S/C13H17IN2O2/c14-10-7-6-9-11(10)15-13(18)16(12(9)17)8-4-2-1-3-5-8/h8,10H,1-7H2,(H,15,18). The van der Waals surface area contributed by atoms with Crippen LogP contribution >= 0.6 is 22.6 Å². The van der Waals surface area contributed by atoms with Crippen molar-refractivity contribution in [2.75, 3.05) is 0 Å². The predicted octanol–water partition coefficient (Wildman–Crippen LogP) is 2.46. The molecule has 0 radical (unpaired) electrons. The van der Waals surface area contributed by atoms with Gasteiger partial charge in [-0.15, -0.1) is 0 Å². The lowest BCUT2D eigenvalue weighted by atomic mass is 9.95. The Hall–Kier alpha value is -0.590. The van der Waals surface area contributed by atoms with Gasteiger partial charge in [0, 0.05) is 17.3 Å². The van der Waals surface area contributed by atoms with Crippen molar-refractivity contribution in [2.45, 2.75) is 54.9 Å². The van der Waals surface area contributed by atoms with Crippen LogP contribution in [0.15, 0.2) is 9.59 Å². The summed E-state index contributed by atoms with van der Waals surface area (Å²) in [6.07, 6.45) is 7.20.